The van der Waals surface area contributed by atoms with Crippen LogP contribution in [0.4, 0.5) is 0 Å². The largest absolute Gasteiger partial charge is 0.491 e. The first-order valence-corrected chi connectivity index (χ1v) is 7.20. The van der Waals surface area contributed by atoms with Crippen molar-refractivity contribution in [2.45, 2.75) is 32.6 Å². The number of ketones is 1. The van der Waals surface area contributed by atoms with Crippen molar-refractivity contribution in [2.75, 3.05) is 13.2 Å². The normalized spacial score (nSPS) is 20.6. The van der Waals surface area contributed by atoms with Crippen molar-refractivity contribution in [1.82, 2.24) is 5.32 Å². The van der Waals surface area contributed by atoms with Gasteiger partial charge < -0.3 is 10.1 Å². The van der Waals surface area contributed by atoms with Gasteiger partial charge in [0.15, 0.2) is 5.78 Å². The fraction of sp³-hybridized carbons (Fsp3) is 0.500. The van der Waals surface area contributed by atoms with Gasteiger partial charge in [0.1, 0.15) is 12.4 Å². The van der Waals surface area contributed by atoms with E-state index < -0.39 is 0 Å². The number of benzene rings is 1. The van der Waals surface area contributed by atoms with Crippen molar-refractivity contribution in [2.24, 2.45) is 5.41 Å². The fourth-order valence-electron chi connectivity index (χ4n) is 3.13. The Bertz CT molecular complexity index is 559. The number of carbonyl (C=O) groups excluding carboxylic acids is 2. The lowest BCUT2D eigenvalue weighted by molar-refractivity contribution is 0.0823. The predicted octanol–water partition coefficient (Wildman–Crippen LogP) is 2.57. The topological polar surface area (TPSA) is 55.4 Å². The lowest BCUT2D eigenvalue weighted by Crippen LogP contribution is -2.26. The maximum atomic E-state index is 12.7. The van der Waals surface area contributed by atoms with Gasteiger partial charge in [-0.15, -0.1) is 0 Å². The molecule has 1 heterocycles. The van der Waals surface area contributed by atoms with Crippen LogP contribution in [-0.2, 0) is 0 Å². The minimum Gasteiger partial charge on any atom is -0.491 e. The SMILES string of the molecule is CC1(C(=O)c2ccc3c(c2)C(=O)NCCO3)CCCC1. The Kier molecular flexibility index (Phi) is 3.24. The van der Waals surface area contributed by atoms with E-state index in [4.69, 9.17) is 4.74 Å². The number of hydrogen-bond donors (Lipinski definition) is 1. The van der Waals surface area contributed by atoms with Crippen molar-refractivity contribution in [3.63, 3.8) is 0 Å². The van der Waals surface area contributed by atoms with Crippen LogP contribution in [0.25, 0.3) is 0 Å². The number of fused-ring (bicyclic) bond motifs is 1. The van der Waals surface area contributed by atoms with E-state index in [-0.39, 0.29) is 17.1 Å². The maximum absolute atomic E-state index is 12.7. The van der Waals surface area contributed by atoms with E-state index >= 15 is 0 Å². The van der Waals surface area contributed by atoms with E-state index in [9.17, 15) is 9.59 Å². The average Bonchev–Trinajstić information content (AvgIpc) is 2.82. The van der Waals surface area contributed by atoms with Gasteiger partial charge in [0.25, 0.3) is 5.91 Å². The molecular weight excluding hydrogens is 254 g/mol. The second kappa shape index (κ2) is 4.93. The molecule has 4 heteroatoms. The van der Waals surface area contributed by atoms with Crippen molar-refractivity contribution in [1.29, 1.82) is 0 Å². The lowest BCUT2D eigenvalue weighted by Gasteiger charge is -2.22. The molecular formula is C16H19NO3. The summed E-state index contributed by atoms with van der Waals surface area (Å²) in [6.45, 7) is 2.99. The first-order valence-electron chi connectivity index (χ1n) is 7.20. The lowest BCUT2D eigenvalue weighted by atomic mass is 9.80. The molecule has 0 bridgehead atoms. The third kappa shape index (κ3) is 2.19. The van der Waals surface area contributed by atoms with Gasteiger partial charge in [-0.05, 0) is 31.0 Å². The van der Waals surface area contributed by atoms with Crippen molar-refractivity contribution >= 4 is 11.7 Å². The summed E-state index contributed by atoms with van der Waals surface area (Å²) in [5.74, 6) is 0.548. The molecule has 1 aliphatic heterocycles. The Balaban J connectivity index is 1.95. The van der Waals surface area contributed by atoms with E-state index in [2.05, 4.69) is 5.32 Å². The van der Waals surface area contributed by atoms with Gasteiger partial charge in [-0.25, -0.2) is 0 Å². The molecule has 1 aromatic carbocycles. The third-order valence-electron chi connectivity index (χ3n) is 4.39. The summed E-state index contributed by atoms with van der Waals surface area (Å²) in [7, 11) is 0. The van der Waals surface area contributed by atoms with Crippen LogP contribution in [0.1, 0.15) is 53.3 Å². The Morgan fingerprint density at radius 2 is 2.05 bits per heavy atom. The molecule has 0 unspecified atom stereocenters. The summed E-state index contributed by atoms with van der Waals surface area (Å²) >= 11 is 0. The molecule has 2 aliphatic rings. The van der Waals surface area contributed by atoms with Crippen molar-refractivity contribution in [3.8, 4) is 5.75 Å². The summed E-state index contributed by atoms with van der Waals surface area (Å²) in [6, 6.07) is 5.21. The predicted molar refractivity (Wildman–Crippen MR) is 75.2 cm³/mol. The van der Waals surface area contributed by atoms with E-state index in [0.29, 0.717) is 30.0 Å². The highest BCUT2D eigenvalue weighted by Gasteiger charge is 2.37. The zero-order valence-electron chi connectivity index (χ0n) is 11.7. The first-order chi connectivity index (χ1) is 9.60. The Hall–Kier alpha value is -1.84. The number of nitrogens with one attached hydrogen (secondary N) is 1. The van der Waals surface area contributed by atoms with Gasteiger partial charge >= 0.3 is 0 Å². The molecule has 3 rings (SSSR count). The molecule has 0 saturated heterocycles. The minimum atomic E-state index is -0.268. The number of rotatable bonds is 2. The summed E-state index contributed by atoms with van der Waals surface area (Å²) in [5.41, 5.74) is 0.819. The van der Waals surface area contributed by atoms with Crippen LogP contribution in [0.5, 0.6) is 5.75 Å². The van der Waals surface area contributed by atoms with Gasteiger partial charge in [-0.2, -0.15) is 0 Å². The molecule has 1 amide bonds. The molecule has 0 radical (unpaired) electrons. The zero-order chi connectivity index (χ0) is 14.2. The summed E-state index contributed by atoms with van der Waals surface area (Å²) in [6.07, 6.45) is 4.09. The molecule has 1 aliphatic carbocycles. The number of hydrogen-bond acceptors (Lipinski definition) is 3. The van der Waals surface area contributed by atoms with Crippen LogP contribution < -0.4 is 10.1 Å². The molecule has 1 aromatic rings. The number of carbonyl (C=O) groups is 2. The highest BCUT2D eigenvalue weighted by Crippen LogP contribution is 2.40. The van der Waals surface area contributed by atoms with E-state index in [0.717, 1.165) is 25.7 Å². The van der Waals surface area contributed by atoms with Crippen LogP contribution in [0, 0.1) is 5.41 Å². The monoisotopic (exact) mass is 273 g/mol. The van der Waals surface area contributed by atoms with Crippen molar-refractivity contribution in [3.05, 3.63) is 29.3 Å². The number of amides is 1. The van der Waals surface area contributed by atoms with Crippen LogP contribution in [-0.4, -0.2) is 24.8 Å². The van der Waals surface area contributed by atoms with Crippen molar-refractivity contribution < 1.29 is 14.3 Å². The van der Waals surface area contributed by atoms with Gasteiger partial charge in [0.2, 0.25) is 0 Å². The zero-order valence-corrected chi connectivity index (χ0v) is 11.7. The molecule has 0 spiro atoms. The maximum Gasteiger partial charge on any atom is 0.255 e. The second-order valence-electron chi connectivity index (χ2n) is 5.91. The second-order valence-corrected chi connectivity index (χ2v) is 5.91. The molecule has 106 valence electrons. The van der Waals surface area contributed by atoms with Crippen LogP contribution in [0.2, 0.25) is 0 Å². The summed E-state index contributed by atoms with van der Waals surface area (Å²) in [4.78, 5) is 24.7. The van der Waals surface area contributed by atoms with E-state index in [1.165, 1.54) is 0 Å². The van der Waals surface area contributed by atoms with Crippen LogP contribution in [0.3, 0.4) is 0 Å². The van der Waals surface area contributed by atoms with E-state index in [1.54, 1.807) is 18.2 Å². The quantitative estimate of drug-likeness (QED) is 0.843. The average molecular weight is 273 g/mol. The number of Topliss-reactive ketones (excluding diaryl/α,β-unsaturated/α-hetero) is 1. The van der Waals surface area contributed by atoms with Gasteiger partial charge in [0.05, 0.1) is 12.1 Å². The molecule has 1 N–H and O–H groups in total. The highest BCUT2D eigenvalue weighted by atomic mass is 16.5. The number of ether oxygens (including phenoxy) is 1. The highest BCUT2D eigenvalue weighted by molar-refractivity contribution is 6.04. The fourth-order valence-corrected chi connectivity index (χ4v) is 3.13. The van der Waals surface area contributed by atoms with Gasteiger partial charge in [0, 0.05) is 11.0 Å². The first kappa shape index (κ1) is 13.2. The Morgan fingerprint density at radius 3 is 2.80 bits per heavy atom. The Morgan fingerprint density at radius 1 is 1.30 bits per heavy atom. The molecule has 1 saturated carbocycles. The summed E-state index contributed by atoms with van der Waals surface area (Å²) in [5, 5.41) is 2.77. The minimum absolute atomic E-state index is 0.148. The Labute approximate surface area is 118 Å². The standard InChI is InChI=1S/C16H19NO3/c1-16(6-2-3-7-16)14(18)11-4-5-13-12(10-11)15(19)17-8-9-20-13/h4-5,10H,2-3,6-9H2,1H3,(H,17,19). The van der Waals surface area contributed by atoms with Gasteiger partial charge in [-0.3, -0.25) is 9.59 Å². The molecule has 0 atom stereocenters. The third-order valence-corrected chi connectivity index (χ3v) is 4.39. The molecule has 4 nitrogen and oxygen atoms in total. The smallest absolute Gasteiger partial charge is 0.255 e. The van der Waals surface area contributed by atoms with E-state index in [1.807, 2.05) is 6.92 Å². The van der Waals surface area contributed by atoms with Gasteiger partial charge in [-0.1, -0.05) is 19.8 Å². The van der Waals surface area contributed by atoms with Crippen LogP contribution >= 0.6 is 0 Å². The summed E-state index contributed by atoms with van der Waals surface area (Å²) < 4.78 is 5.51. The van der Waals surface area contributed by atoms with Crippen LogP contribution in [0.15, 0.2) is 18.2 Å². The molecule has 1 fully saturated rings. The molecule has 20 heavy (non-hydrogen) atoms. The molecule has 0 aromatic heterocycles.